The van der Waals surface area contributed by atoms with Crippen molar-refractivity contribution in [2.24, 2.45) is 11.3 Å². The normalized spacial score (nSPS) is 34.6. The molecule has 178 valence electrons. The van der Waals surface area contributed by atoms with Crippen molar-refractivity contribution in [2.45, 2.75) is 25.6 Å². The summed E-state index contributed by atoms with van der Waals surface area (Å²) in [6, 6.07) is -1.20. The van der Waals surface area contributed by atoms with E-state index in [4.69, 9.17) is 27.9 Å². The van der Waals surface area contributed by atoms with E-state index in [1.165, 1.54) is 13.1 Å². The largest absolute Gasteiger partial charge is 0.462 e. The molecule has 0 unspecified atom stereocenters. The van der Waals surface area contributed by atoms with Crippen LogP contribution in [0.2, 0.25) is 5.15 Å². The van der Waals surface area contributed by atoms with E-state index in [-0.39, 0.29) is 61.3 Å². The van der Waals surface area contributed by atoms with Gasteiger partial charge in [-0.05, 0) is 19.0 Å². The molecule has 0 amide bonds. The van der Waals surface area contributed by atoms with Crippen molar-refractivity contribution in [1.29, 1.82) is 0 Å². The van der Waals surface area contributed by atoms with E-state index in [1.54, 1.807) is 4.90 Å². The molecule has 5 rings (SSSR count). The summed E-state index contributed by atoms with van der Waals surface area (Å²) in [6.07, 6.45) is 0.237. The number of hydrogen-bond donors (Lipinski definition) is 0. The number of fused-ring (bicyclic) bond motifs is 2. The van der Waals surface area contributed by atoms with Crippen molar-refractivity contribution in [2.75, 3.05) is 51.3 Å². The molecule has 33 heavy (non-hydrogen) atoms. The van der Waals surface area contributed by atoms with E-state index in [2.05, 4.69) is 15.0 Å². The summed E-state index contributed by atoms with van der Waals surface area (Å²) < 4.78 is 95.3. The first-order valence-electron chi connectivity index (χ1n) is 13.0. The number of piperidine rings is 1. The molecule has 3 fully saturated rings. The lowest BCUT2D eigenvalue weighted by atomic mass is 9.78. The summed E-state index contributed by atoms with van der Waals surface area (Å²) in [7, 11) is 0. The fourth-order valence-electron chi connectivity index (χ4n) is 4.48. The average Bonchev–Trinajstić information content (AvgIpc) is 3.54. The molecule has 1 saturated carbocycles. The zero-order valence-electron chi connectivity index (χ0n) is 22.7. The van der Waals surface area contributed by atoms with Gasteiger partial charge >= 0.3 is 6.01 Å². The van der Waals surface area contributed by atoms with Crippen molar-refractivity contribution in [3.05, 3.63) is 29.1 Å². The van der Waals surface area contributed by atoms with Crippen LogP contribution >= 0.6 is 11.6 Å². The van der Waals surface area contributed by atoms with E-state index in [0.717, 1.165) is 4.90 Å². The standard InChI is InChI=1S/C22H25ClF3N5O2/c1-22(10-30(2)4-3-12(22)7-24)11-33-21-28-17-13(8-27-19(23)16(17)26)20(29-21)31-5-6-32-9-14-15(25)18(14)31/h7-8,14-15,18H,3-6,9-11H2,1-2H3/b12-7+/t14-,15-,18-,22-/m0/s1/i2D3,11D2. The Balaban J connectivity index is 1.58. The van der Waals surface area contributed by atoms with E-state index in [1.807, 2.05) is 0 Å². The number of nitrogens with zero attached hydrogens (tertiary/aromatic N) is 5. The molecule has 7 nitrogen and oxygen atoms in total. The van der Waals surface area contributed by atoms with E-state index in [9.17, 15) is 8.78 Å². The van der Waals surface area contributed by atoms with Gasteiger partial charge < -0.3 is 19.3 Å². The molecule has 2 saturated heterocycles. The smallest absolute Gasteiger partial charge is 0.319 e. The first-order chi connectivity index (χ1) is 17.8. The maximum Gasteiger partial charge on any atom is 0.319 e. The monoisotopic (exact) mass is 488 g/mol. The second-order valence-electron chi connectivity index (χ2n) is 8.66. The van der Waals surface area contributed by atoms with Gasteiger partial charge in [0.05, 0.1) is 33.7 Å². The highest BCUT2D eigenvalue weighted by Crippen LogP contribution is 2.44. The average molecular weight is 489 g/mol. The van der Waals surface area contributed by atoms with Gasteiger partial charge in [0.2, 0.25) is 0 Å². The summed E-state index contributed by atoms with van der Waals surface area (Å²) in [4.78, 5) is 14.8. The second kappa shape index (κ2) is 8.56. The zero-order chi connectivity index (χ0) is 27.6. The lowest BCUT2D eigenvalue weighted by molar-refractivity contribution is 0.109. The topological polar surface area (TPSA) is 63.6 Å². The van der Waals surface area contributed by atoms with Crippen LogP contribution in [0.3, 0.4) is 0 Å². The van der Waals surface area contributed by atoms with Gasteiger partial charge in [0.1, 0.15) is 24.1 Å². The summed E-state index contributed by atoms with van der Waals surface area (Å²) in [5.74, 6) is -1.35. The molecule has 3 aliphatic rings. The molecule has 0 N–H and O–H groups in total. The van der Waals surface area contributed by atoms with E-state index in [0.29, 0.717) is 0 Å². The summed E-state index contributed by atoms with van der Waals surface area (Å²) in [6.45, 7) is -3.68. The highest BCUT2D eigenvalue weighted by molar-refractivity contribution is 6.30. The van der Waals surface area contributed by atoms with Crippen molar-refractivity contribution in [3.63, 3.8) is 0 Å². The fraction of sp³-hybridized carbons (Fsp3) is 0.591. The number of aromatic nitrogens is 3. The third-order valence-corrected chi connectivity index (χ3v) is 6.68. The van der Waals surface area contributed by atoms with Gasteiger partial charge in [-0.3, -0.25) is 0 Å². The molecule has 0 spiro atoms. The molecule has 4 atom stereocenters. The highest BCUT2D eigenvalue weighted by Gasteiger charge is 2.56. The number of hydrogen-bond acceptors (Lipinski definition) is 7. The quantitative estimate of drug-likeness (QED) is 0.610. The number of alkyl halides is 1. The molecular weight excluding hydrogens is 459 g/mol. The zero-order valence-corrected chi connectivity index (χ0v) is 18.4. The number of rotatable bonds is 4. The molecular formula is C22H25ClF3N5O2. The molecule has 0 aromatic carbocycles. The number of ether oxygens (including phenoxy) is 2. The van der Waals surface area contributed by atoms with Crippen LogP contribution in [0.15, 0.2) is 18.1 Å². The van der Waals surface area contributed by atoms with Gasteiger partial charge in [-0.25, -0.2) is 18.2 Å². The first-order valence-corrected chi connectivity index (χ1v) is 10.9. The maximum absolute atomic E-state index is 15.1. The Bertz CT molecular complexity index is 1290. The Kier molecular flexibility index (Phi) is 4.48. The van der Waals surface area contributed by atoms with Crippen LogP contribution in [-0.4, -0.2) is 78.4 Å². The van der Waals surface area contributed by atoms with Crippen LogP contribution in [0.5, 0.6) is 6.01 Å². The lowest BCUT2D eigenvalue weighted by Crippen LogP contribution is -2.44. The van der Waals surface area contributed by atoms with Gasteiger partial charge in [-0.2, -0.15) is 9.97 Å². The second-order valence-corrected chi connectivity index (χ2v) is 9.02. The molecule has 0 radical (unpaired) electrons. The summed E-state index contributed by atoms with van der Waals surface area (Å²) in [5, 5.41) is -0.375. The lowest BCUT2D eigenvalue weighted by Gasteiger charge is -2.40. The number of pyridine rings is 1. The van der Waals surface area contributed by atoms with Gasteiger partial charge in [0.15, 0.2) is 11.0 Å². The Labute approximate surface area is 201 Å². The van der Waals surface area contributed by atoms with Crippen LogP contribution < -0.4 is 9.64 Å². The molecule has 2 aliphatic heterocycles. The molecule has 4 heterocycles. The van der Waals surface area contributed by atoms with Crippen LogP contribution in [0, 0.1) is 17.2 Å². The molecule has 1 aliphatic carbocycles. The number of halogens is 4. The third-order valence-electron chi connectivity index (χ3n) is 6.42. The van der Waals surface area contributed by atoms with Gasteiger partial charge in [-0.1, -0.05) is 18.5 Å². The highest BCUT2D eigenvalue weighted by atomic mass is 35.5. The van der Waals surface area contributed by atoms with Crippen molar-refractivity contribution < 1.29 is 29.5 Å². The van der Waals surface area contributed by atoms with Crippen LogP contribution in [0.4, 0.5) is 19.0 Å². The van der Waals surface area contributed by atoms with Gasteiger partial charge in [0, 0.05) is 41.3 Å². The SMILES string of the molecule is [2H]C([2H])([2H])N1CC/C(=C\F)[C@](C)(C([2H])([2H])Oc2nc(N3CCOC[C@H]4[C@H](F)[C@H]43)c3cnc(Cl)c(F)c3n2)C1. The van der Waals surface area contributed by atoms with Crippen LogP contribution in [0.25, 0.3) is 10.9 Å². The minimum atomic E-state index is -2.75. The molecule has 2 aromatic heterocycles. The minimum Gasteiger partial charge on any atom is -0.462 e. The van der Waals surface area contributed by atoms with Crippen molar-refractivity contribution in [1.82, 2.24) is 19.9 Å². The van der Waals surface area contributed by atoms with Crippen LogP contribution in [-0.2, 0) is 4.74 Å². The van der Waals surface area contributed by atoms with Crippen LogP contribution in [0.1, 0.15) is 20.2 Å². The predicted molar refractivity (Wildman–Crippen MR) is 118 cm³/mol. The summed E-state index contributed by atoms with van der Waals surface area (Å²) in [5.41, 5.74) is -2.09. The Morgan fingerprint density at radius 3 is 3.09 bits per heavy atom. The Morgan fingerprint density at radius 2 is 2.30 bits per heavy atom. The molecule has 11 heteroatoms. The molecule has 2 aromatic rings. The minimum absolute atomic E-state index is 0.00472. The Hall–Kier alpha value is -2.17. The summed E-state index contributed by atoms with van der Waals surface area (Å²) >= 11 is 5.88. The van der Waals surface area contributed by atoms with Crippen molar-refractivity contribution >= 4 is 28.3 Å². The fourth-order valence-corrected chi connectivity index (χ4v) is 4.61. The number of anilines is 1. The predicted octanol–water partition coefficient (Wildman–Crippen LogP) is 3.56. The van der Waals surface area contributed by atoms with Gasteiger partial charge in [0.25, 0.3) is 0 Å². The van der Waals surface area contributed by atoms with E-state index >= 15 is 4.39 Å². The van der Waals surface area contributed by atoms with E-state index < -0.39 is 60.6 Å². The third kappa shape index (κ3) is 4.02. The molecule has 0 bridgehead atoms. The Morgan fingerprint density at radius 1 is 1.45 bits per heavy atom. The van der Waals surface area contributed by atoms with Gasteiger partial charge in [-0.15, -0.1) is 0 Å². The van der Waals surface area contributed by atoms with Crippen molar-refractivity contribution in [3.8, 4) is 6.01 Å². The first kappa shape index (κ1) is 17.3. The number of likely N-dealkylation sites (tertiary alicyclic amines) is 1. The maximum atomic E-state index is 15.1.